The van der Waals surface area contributed by atoms with Crippen molar-refractivity contribution in [1.29, 1.82) is 0 Å². The maximum atomic E-state index is 14.5. The van der Waals surface area contributed by atoms with E-state index in [2.05, 4.69) is 34.0 Å². The van der Waals surface area contributed by atoms with Crippen LogP contribution in [0.25, 0.3) is 0 Å². The van der Waals surface area contributed by atoms with E-state index in [0.29, 0.717) is 45.7 Å². The van der Waals surface area contributed by atoms with Crippen molar-refractivity contribution in [3.05, 3.63) is 25.3 Å². The third kappa shape index (κ3) is 5.71. The number of esters is 1. The first kappa shape index (κ1) is 30.6. The molecule has 4 aliphatic heterocycles. The second kappa shape index (κ2) is 13.1. The zero-order valence-corrected chi connectivity index (χ0v) is 25.4. The van der Waals surface area contributed by atoms with Crippen LogP contribution in [0.4, 0.5) is 0 Å². The van der Waals surface area contributed by atoms with Crippen molar-refractivity contribution in [3.63, 3.8) is 0 Å². The number of halogens is 1. The van der Waals surface area contributed by atoms with Gasteiger partial charge >= 0.3 is 5.97 Å². The second-order valence-electron chi connectivity index (χ2n) is 11.2. The first-order valence-corrected chi connectivity index (χ1v) is 15.7. The normalized spacial score (nSPS) is 32.8. The molecule has 0 radical (unpaired) electrons. The summed E-state index contributed by atoms with van der Waals surface area (Å²) in [7, 11) is 0. The van der Waals surface area contributed by atoms with Gasteiger partial charge in [-0.05, 0) is 18.8 Å². The van der Waals surface area contributed by atoms with Crippen LogP contribution in [0.15, 0.2) is 25.3 Å². The number of amides is 2. The lowest BCUT2D eigenvalue weighted by Gasteiger charge is -2.41. The summed E-state index contributed by atoms with van der Waals surface area (Å²) in [6.45, 7) is 15.9. The SMILES string of the molecule is C=CCCOC(=O)[C@H]1[C@@H]2SC3(CC2Br)C(C(=O)N(CC=C)CCN2CCOCC2)N([C@@H](CO)C(C)C)C(=O)[C@H]13. The van der Waals surface area contributed by atoms with Gasteiger partial charge in [-0.25, -0.2) is 0 Å². The fourth-order valence-electron chi connectivity index (χ4n) is 6.64. The lowest BCUT2D eigenvalue weighted by molar-refractivity contribution is -0.154. The first-order valence-electron chi connectivity index (χ1n) is 13.9. The Bertz CT molecular complexity index is 946. The van der Waals surface area contributed by atoms with Crippen LogP contribution in [-0.4, -0.2) is 124 Å². The second-order valence-corrected chi connectivity index (χ2v) is 13.9. The Balaban J connectivity index is 1.69. The number of hydrogen-bond donors (Lipinski definition) is 1. The van der Waals surface area contributed by atoms with Crippen molar-refractivity contribution in [1.82, 2.24) is 14.7 Å². The number of aliphatic hydroxyl groups is 1. The van der Waals surface area contributed by atoms with Crippen LogP contribution in [0.5, 0.6) is 0 Å². The Kier molecular flexibility index (Phi) is 10.2. The molecule has 4 rings (SSSR count). The van der Waals surface area contributed by atoms with Crippen LogP contribution < -0.4 is 0 Å². The summed E-state index contributed by atoms with van der Waals surface area (Å²) in [6, 6.07) is -1.33. The molecule has 39 heavy (non-hydrogen) atoms. The summed E-state index contributed by atoms with van der Waals surface area (Å²) in [5, 5.41) is 10.3. The van der Waals surface area contributed by atoms with Crippen LogP contribution in [0.2, 0.25) is 0 Å². The van der Waals surface area contributed by atoms with E-state index in [0.717, 1.165) is 13.1 Å². The quantitative estimate of drug-likeness (QED) is 0.143. The van der Waals surface area contributed by atoms with E-state index in [9.17, 15) is 19.5 Å². The van der Waals surface area contributed by atoms with Gasteiger partial charge in [0.15, 0.2) is 0 Å². The van der Waals surface area contributed by atoms with E-state index in [1.54, 1.807) is 33.7 Å². The fraction of sp³-hybridized carbons (Fsp3) is 0.750. The number of rotatable bonds is 13. The highest BCUT2D eigenvalue weighted by molar-refractivity contribution is 9.09. The molecule has 0 saturated carbocycles. The van der Waals surface area contributed by atoms with E-state index in [1.807, 2.05) is 13.8 Å². The smallest absolute Gasteiger partial charge is 0.310 e. The number of alkyl halides is 1. The van der Waals surface area contributed by atoms with Crippen molar-refractivity contribution >= 4 is 45.5 Å². The highest BCUT2D eigenvalue weighted by atomic mass is 79.9. The van der Waals surface area contributed by atoms with Crippen LogP contribution in [0, 0.1) is 17.8 Å². The molecule has 218 valence electrons. The Morgan fingerprint density at radius 1 is 1.31 bits per heavy atom. The minimum atomic E-state index is -0.791. The van der Waals surface area contributed by atoms with Crippen molar-refractivity contribution in [2.24, 2.45) is 17.8 Å². The molecule has 2 bridgehead atoms. The number of ether oxygens (including phenoxy) is 2. The van der Waals surface area contributed by atoms with E-state index < -0.39 is 34.6 Å². The molecular weight excluding hydrogens is 586 g/mol. The minimum absolute atomic E-state index is 0.0356. The molecule has 0 aromatic carbocycles. The molecule has 11 heteroatoms. The van der Waals surface area contributed by atoms with Crippen molar-refractivity contribution in [3.8, 4) is 0 Å². The number of morpholine rings is 1. The number of likely N-dealkylation sites (tertiary alicyclic amines) is 1. The number of carbonyl (C=O) groups excluding carboxylic acids is 3. The summed E-state index contributed by atoms with van der Waals surface area (Å²) in [4.78, 5) is 47.8. The third-order valence-corrected chi connectivity index (χ3v) is 11.8. The van der Waals surface area contributed by atoms with Gasteiger partial charge in [-0.3, -0.25) is 19.3 Å². The van der Waals surface area contributed by atoms with Crippen molar-refractivity contribution < 1.29 is 29.0 Å². The number of fused-ring (bicyclic) bond motifs is 1. The van der Waals surface area contributed by atoms with Gasteiger partial charge in [0.1, 0.15) is 6.04 Å². The molecule has 0 aromatic rings. The molecular formula is C28H42BrN3O6S. The lowest BCUT2D eigenvalue weighted by atomic mass is 9.71. The molecule has 4 aliphatic rings. The molecule has 9 nitrogen and oxygen atoms in total. The predicted octanol–water partition coefficient (Wildman–Crippen LogP) is 1.93. The predicted molar refractivity (Wildman–Crippen MR) is 155 cm³/mol. The Morgan fingerprint density at radius 2 is 2.03 bits per heavy atom. The highest BCUT2D eigenvalue weighted by Gasteiger charge is 2.76. The van der Waals surface area contributed by atoms with Gasteiger partial charge in [0.2, 0.25) is 11.8 Å². The molecule has 3 unspecified atom stereocenters. The highest BCUT2D eigenvalue weighted by Crippen LogP contribution is 2.68. The molecule has 1 N–H and O–H groups in total. The zero-order chi connectivity index (χ0) is 28.3. The summed E-state index contributed by atoms with van der Waals surface area (Å²) in [5.41, 5.74) is 0. The Hall–Kier alpha value is -1.40. The van der Waals surface area contributed by atoms with E-state index in [4.69, 9.17) is 9.47 Å². The van der Waals surface area contributed by atoms with E-state index in [-0.39, 0.29) is 41.0 Å². The molecule has 4 saturated heterocycles. The number of carbonyl (C=O) groups is 3. The average Bonchev–Trinajstić information content (AvgIpc) is 3.51. The standard InChI is InChI=1S/C28H42BrN3O6S/c1-5-7-13-38-27(36)21-22-25(34)32(20(17-33)18(3)4)24(28(22)16-19(29)23(21)39-28)26(35)31(8-6-2)10-9-30-11-14-37-15-12-30/h5-6,18-24,33H,1-2,7-17H2,3-4H3/t19?,20-,21+,22-,23+,24?,28?/m0/s1. The maximum absolute atomic E-state index is 14.5. The van der Waals surface area contributed by atoms with Gasteiger partial charge in [0.05, 0.1) is 49.1 Å². The maximum Gasteiger partial charge on any atom is 0.310 e. The van der Waals surface area contributed by atoms with Crippen LogP contribution >= 0.6 is 27.7 Å². The fourth-order valence-corrected chi connectivity index (χ4v) is 10.2. The van der Waals surface area contributed by atoms with Gasteiger partial charge in [-0.1, -0.05) is 41.9 Å². The number of aliphatic hydroxyl groups excluding tert-OH is 1. The number of hydrogen-bond acceptors (Lipinski definition) is 8. The zero-order valence-electron chi connectivity index (χ0n) is 23.0. The largest absolute Gasteiger partial charge is 0.465 e. The summed E-state index contributed by atoms with van der Waals surface area (Å²) >= 11 is 5.37. The number of nitrogens with zero attached hydrogens (tertiary/aromatic N) is 3. The van der Waals surface area contributed by atoms with Crippen LogP contribution in [0.3, 0.4) is 0 Å². The molecule has 2 amide bonds. The Morgan fingerprint density at radius 3 is 2.64 bits per heavy atom. The van der Waals surface area contributed by atoms with E-state index in [1.165, 1.54) is 0 Å². The monoisotopic (exact) mass is 627 g/mol. The molecule has 4 heterocycles. The van der Waals surface area contributed by atoms with Gasteiger partial charge in [0.25, 0.3) is 0 Å². The number of thioether (sulfide) groups is 1. The third-order valence-electron chi connectivity index (χ3n) is 8.56. The van der Waals surface area contributed by atoms with E-state index >= 15 is 0 Å². The molecule has 7 atom stereocenters. The topological polar surface area (TPSA) is 99.6 Å². The summed E-state index contributed by atoms with van der Waals surface area (Å²) < 4.78 is 10.3. The van der Waals surface area contributed by atoms with Crippen LogP contribution in [-0.2, 0) is 23.9 Å². The molecule has 4 fully saturated rings. The lowest BCUT2D eigenvalue weighted by Crippen LogP contribution is -2.59. The van der Waals surface area contributed by atoms with Crippen molar-refractivity contribution in [2.75, 3.05) is 59.2 Å². The van der Waals surface area contributed by atoms with Gasteiger partial charge in [0, 0.05) is 42.8 Å². The van der Waals surface area contributed by atoms with Crippen molar-refractivity contribution in [2.45, 2.75) is 53.6 Å². The van der Waals surface area contributed by atoms with Gasteiger partial charge < -0.3 is 24.4 Å². The molecule has 1 spiro atoms. The molecule has 0 aliphatic carbocycles. The van der Waals surface area contributed by atoms with Gasteiger partial charge in [-0.2, -0.15) is 0 Å². The Labute approximate surface area is 244 Å². The summed E-state index contributed by atoms with van der Waals surface area (Å²) in [6.07, 6.45) is 4.52. The summed E-state index contributed by atoms with van der Waals surface area (Å²) in [5.74, 6) is -2.18. The minimum Gasteiger partial charge on any atom is -0.465 e. The molecule has 0 aromatic heterocycles. The average molecular weight is 629 g/mol. The first-order chi connectivity index (χ1) is 18.7. The van der Waals surface area contributed by atoms with Gasteiger partial charge in [-0.15, -0.1) is 24.9 Å². The van der Waals surface area contributed by atoms with Crippen LogP contribution in [0.1, 0.15) is 26.7 Å².